The Hall–Kier alpha value is -1.02. The molecule has 2 nitrogen and oxygen atoms in total. The van der Waals surface area contributed by atoms with Crippen LogP contribution in [0.2, 0.25) is 0 Å². The second-order valence-electron chi connectivity index (χ2n) is 4.98. The molecule has 1 rings (SSSR count). The van der Waals surface area contributed by atoms with Gasteiger partial charge in [-0.05, 0) is 38.8 Å². The van der Waals surface area contributed by atoms with Crippen LogP contribution in [0.1, 0.15) is 30.5 Å². The largest absolute Gasteiger partial charge is 0.339 e. The SMILES string of the molecule is Cc1ccc(C)c(CC(=O)N(CCCl)C(C)C)c1. The van der Waals surface area contributed by atoms with Gasteiger partial charge >= 0.3 is 0 Å². The third kappa shape index (κ3) is 4.02. The molecule has 0 unspecified atom stereocenters. The van der Waals surface area contributed by atoms with Gasteiger partial charge in [-0.2, -0.15) is 0 Å². The molecule has 0 aliphatic carbocycles. The van der Waals surface area contributed by atoms with E-state index in [2.05, 4.69) is 18.2 Å². The van der Waals surface area contributed by atoms with Crippen molar-refractivity contribution in [1.82, 2.24) is 4.90 Å². The van der Waals surface area contributed by atoms with E-state index in [1.54, 1.807) is 0 Å². The van der Waals surface area contributed by atoms with Crippen molar-refractivity contribution in [2.45, 2.75) is 40.2 Å². The topological polar surface area (TPSA) is 20.3 Å². The summed E-state index contributed by atoms with van der Waals surface area (Å²) in [7, 11) is 0. The Morgan fingerprint density at radius 2 is 2.00 bits per heavy atom. The molecule has 1 aromatic carbocycles. The van der Waals surface area contributed by atoms with E-state index in [-0.39, 0.29) is 11.9 Å². The monoisotopic (exact) mass is 267 g/mol. The summed E-state index contributed by atoms with van der Waals surface area (Å²) in [4.78, 5) is 14.1. The van der Waals surface area contributed by atoms with E-state index < -0.39 is 0 Å². The normalized spacial score (nSPS) is 10.8. The number of nitrogens with zero attached hydrogens (tertiary/aromatic N) is 1. The number of aryl methyl sites for hydroxylation is 2. The van der Waals surface area contributed by atoms with E-state index in [1.165, 1.54) is 11.1 Å². The number of carbonyl (C=O) groups is 1. The van der Waals surface area contributed by atoms with Crippen molar-refractivity contribution >= 4 is 17.5 Å². The molecule has 0 aliphatic heterocycles. The lowest BCUT2D eigenvalue weighted by Crippen LogP contribution is -2.39. The fraction of sp³-hybridized carbons (Fsp3) is 0.533. The molecule has 0 saturated heterocycles. The Kier molecular flexibility index (Phi) is 5.67. The first-order valence-corrected chi connectivity index (χ1v) is 6.90. The van der Waals surface area contributed by atoms with Gasteiger partial charge in [-0.3, -0.25) is 4.79 Å². The Morgan fingerprint density at radius 1 is 1.33 bits per heavy atom. The summed E-state index contributed by atoms with van der Waals surface area (Å²) in [5.41, 5.74) is 3.47. The fourth-order valence-corrected chi connectivity index (χ4v) is 2.20. The Morgan fingerprint density at radius 3 is 2.56 bits per heavy atom. The zero-order valence-corrected chi connectivity index (χ0v) is 12.4. The lowest BCUT2D eigenvalue weighted by molar-refractivity contribution is -0.131. The van der Waals surface area contributed by atoms with Crippen LogP contribution in [-0.2, 0) is 11.2 Å². The molecule has 0 fully saturated rings. The average Bonchev–Trinajstić information content (AvgIpc) is 2.30. The number of hydrogen-bond acceptors (Lipinski definition) is 1. The molecule has 1 amide bonds. The summed E-state index contributed by atoms with van der Waals surface area (Å²) in [6.45, 7) is 8.75. The van der Waals surface area contributed by atoms with Gasteiger partial charge in [0, 0.05) is 18.5 Å². The molecular formula is C15H22ClNO. The van der Waals surface area contributed by atoms with Crippen LogP contribution in [0, 0.1) is 13.8 Å². The van der Waals surface area contributed by atoms with Gasteiger partial charge in [0.1, 0.15) is 0 Å². The molecule has 0 aromatic heterocycles. The third-order valence-electron chi connectivity index (χ3n) is 3.12. The lowest BCUT2D eigenvalue weighted by Gasteiger charge is -2.26. The van der Waals surface area contributed by atoms with Crippen LogP contribution >= 0.6 is 11.6 Å². The van der Waals surface area contributed by atoms with Crippen LogP contribution in [0.3, 0.4) is 0 Å². The minimum Gasteiger partial charge on any atom is -0.339 e. The van der Waals surface area contributed by atoms with Crippen LogP contribution < -0.4 is 0 Å². The fourth-order valence-electron chi connectivity index (χ4n) is 2.02. The summed E-state index contributed by atoms with van der Waals surface area (Å²) in [5.74, 6) is 0.635. The van der Waals surface area contributed by atoms with Crippen molar-refractivity contribution in [2.75, 3.05) is 12.4 Å². The minimum atomic E-state index is 0.152. The molecule has 0 heterocycles. The molecular weight excluding hydrogens is 246 g/mol. The van der Waals surface area contributed by atoms with Gasteiger partial charge in [-0.1, -0.05) is 23.8 Å². The summed E-state index contributed by atoms with van der Waals surface area (Å²) in [5, 5.41) is 0. The van der Waals surface area contributed by atoms with Gasteiger partial charge in [-0.25, -0.2) is 0 Å². The maximum Gasteiger partial charge on any atom is 0.227 e. The quantitative estimate of drug-likeness (QED) is 0.750. The first-order chi connectivity index (χ1) is 8.45. The number of carbonyl (C=O) groups excluding carboxylic acids is 1. The number of alkyl halides is 1. The molecule has 0 aliphatic rings. The molecule has 100 valence electrons. The van der Waals surface area contributed by atoms with Crippen LogP contribution in [0.15, 0.2) is 18.2 Å². The standard InChI is InChI=1S/C15H22ClNO/c1-11(2)17(8-7-16)15(18)10-14-9-12(3)5-6-13(14)4/h5-6,9,11H,7-8,10H2,1-4H3. The molecule has 0 bridgehead atoms. The first kappa shape index (κ1) is 15.0. The molecule has 0 atom stereocenters. The lowest BCUT2D eigenvalue weighted by atomic mass is 10.0. The zero-order valence-electron chi connectivity index (χ0n) is 11.7. The summed E-state index contributed by atoms with van der Waals surface area (Å²) in [6, 6.07) is 6.43. The smallest absolute Gasteiger partial charge is 0.227 e. The molecule has 0 spiro atoms. The molecule has 3 heteroatoms. The Balaban J connectivity index is 2.82. The van der Waals surface area contributed by atoms with E-state index in [9.17, 15) is 4.79 Å². The van der Waals surface area contributed by atoms with E-state index >= 15 is 0 Å². The minimum absolute atomic E-state index is 0.152. The number of halogens is 1. The highest BCUT2D eigenvalue weighted by Gasteiger charge is 2.17. The van der Waals surface area contributed by atoms with Gasteiger partial charge in [-0.15, -0.1) is 11.6 Å². The molecule has 1 aromatic rings. The second-order valence-corrected chi connectivity index (χ2v) is 5.35. The predicted molar refractivity (Wildman–Crippen MR) is 77.2 cm³/mol. The number of benzene rings is 1. The van der Waals surface area contributed by atoms with E-state index in [4.69, 9.17) is 11.6 Å². The molecule has 0 radical (unpaired) electrons. The maximum atomic E-state index is 12.3. The van der Waals surface area contributed by atoms with Crippen molar-refractivity contribution in [1.29, 1.82) is 0 Å². The maximum absolute atomic E-state index is 12.3. The third-order valence-corrected chi connectivity index (χ3v) is 3.28. The molecule has 0 N–H and O–H groups in total. The molecule has 0 saturated carbocycles. The van der Waals surface area contributed by atoms with Crippen molar-refractivity contribution in [3.8, 4) is 0 Å². The van der Waals surface area contributed by atoms with Crippen LogP contribution in [0.5, 0.6) is 0 Å². The zero-order chi connectivity index (χ0) is 13.7. The number of amides is 1. The summed E-state index contributed by atoms with van der Waals surface area (Å²) < 4.78 is 0. The van der Waals surface area contributed by atoms with Gasteiger partial charge < -0.3 is 4.90 Å². The van der Waals surface area contributed by atoms with Crippen LogP contribution in [0.4, 0.5) is 0 Å². The average molecular weight is 268 g/mol. The highest BCUT2D eigenvalue weighted by atomic mass is 35.5. The second kappa shape index (κ2) is 6.79. The van der Waals surface area contributed by atoms with Crippen molar-refractivity contribution in [3.63, 3.8) is 0 Å². The van der Waals surface area contributed by atoms with E-state index in [0.29, 0.717) is 18.8 Å². The van der Waals surface area contributed by atoms with Gasteiger partial charge in [0.15, 0.2) is 0 Å². The van der Waals surface area contributed by atoms with E-state index in [0.717, 1.165) is 5.56 Å². The Labute approximate surface area is 115 Å². The van der Waals surface area contributed by atoms with Gasteiger partial charge in [0.2, 0.25) is 5.91 Å². The van der Waals surface area contributed by atoms with Crippen LogP contribution in [0.25, 0.3) is 0 Å². The van der Waals surface area contributed by atoms with Crippen molar-refractivity contribution in [2.24, 2.45) is 0 Å². The van der Waals surface area contributed by atoms with Crippen molar-refractivity contribution in [3.05, 3.63) is 34.9 Å². The number of rotatable bonds is 5. The highest BCUT2D eigenvalue weighted by Crippen LogP contribution is 2.13. The molecule has 18 heavy (non-hydrogen) atoms. The summed E-state index contributed by atoms with van der Waals surface area (Å²) >= 11 is 5.75. The van der Waals surface area contributed by atoms with E-state index in [1.807, 2.05) is 32.6 Å². The van der Waals surface area contributed by atoms with Gasteiger partial charge in [0.05, 0.1) is 6.42 Å². The Bertz CT molecular complexity index is 415. The predicted octanol–water partition coefficient (Wildman–Crippen LogP) is 3.32. The number of hydrogen-bond donors (Lipinski definition) is 0. The van der Waals surface area contributed by atoms with Crippen molar-refractivity contribution < 1.29 is 4.79 Å². The van der Waals surface area contributed by atoms with Crippen LogP contribution in [-0.4, -0.2) is 29.3 Å². The highest BCUT2D eigenvalue weighted by molar-refractivity contribution is 6.18. The first-order valence-electron chi connectivity index (χ1n) is 6.37. The van der Waals surface area contributed by atoms with Gasteiger partial charge in [0.25, 0.3) is 0 Å². The summed E-state index contributed by atoms with van der Waals surface area (Å²) in [6.07, 6.45) is 0.461.